The Bertz CT molecular complexity index is 348. The molecule has 76 valence electrons. The molecule has 0 bridgehead atoms. The second-order valence-corrected chi connectivity index (χ2v) is 3.32. The number of aromatic nitrogens is 2. The highest BCUT2D eigenvalue weighted by atomic mass is 16.5. The van der Waals surface area contributed by atoms with Crippen LogP contribution in [0.4, 0.5) is 5.82 Å². The lowest BCUT2D eigenvalue weighted by atomic mass is 10.1. The first-order chi connectivity index (χ1) is 6.59. The molecule has 0 spiro atoms. The average Bonchev–Trinajstić information content (AvgIpc) is 2.15. The van der Waals surface area contributed by atoms with Crippen molar-refractivity contribution >= 4 is 5.82 Å². The van der Waals surface area contributed by atoms with E-state index in [0.717, 1.165) is 0 Å². The standard InChI is InChI=1S/C8H12N4O2/c1-8(9,13)6-5-7(12-4-11-6)10-2-3-14-5/h4,13H,2-3,9H2,1H3,(H,10,11,12). The second-order valence-electron chi connectivity index (χ2n) is 3.32. The summed E-state index contributed by atoms with van der Waals surface area (Å²) in [6.45, 7) is 2.66. The van der Waals surface area contributed by atoms with Crippen LogP contribution in [0.3, 0.4) is 0 Å². The molecule has 14 heavy (non-hydrogen) atoms. The first-order valence-corrected chi connectivity index (χ1v) is 4.32. The van der Waals surface area contributed by atoms with E-state index >= 15 is 0 Å². The minimum atomic E-state index is -1.51. The van der Waals surface area contributed by atoms with Gasteiger partial charge in [-0.25, -0.2) is 9.97 Å². The number of nitrogens with two attached hydrogens (primary N) is 1. The molecule has 0 aliphatic carbocycles. The number of fused-ring (bicyclic) bond motifs is 1. The van der Waals surface area contributed by atoms with Crippen molar-refractivity contribution in [2.24, 2.45) is 5.73 Å². The lowest BCUT2D eigenvalue weighted by Crippen LogP contribution is -2.35. The minimum Gasteiger partial charge on any atom is -0.486 e. The Morgan fingerprint density at radius 1 is 1.64 bits per heavy atom. The quantitative estimate of drug-likeness (QED) is 0.519. The third-order valence-electron chi connectivity index (χ3n) is 1.92. The van der Waals surface area contributed by atoms with Crippen molar-refractivity contribution in [3.63, 3.8) is 0 Å². The van der Waals surface area contributed by atoms with Crippen LogP contribution in [0.15, 0.2) is 6.33 Å². The normalized spacial score (nSPS) is 18.8. The Labute approximate surface area is 81.1 Å². The molecule has 1 aromatic heterocycles. The van der Waals surface area contributed by atoms with Gasteiger partial charge in [0.2, 0.25) is 0 Å². The molecule has 0 saturated carbocycles. The largest absolute Gasteiger partial charge is 0.486 e. The second kappa shape index (κ2) is 3.07. The van der Waals surface area contributed by atoms with E-state index in [9.17, 15) is 5.11 Å². The molecular formula is C8H12N4O2. The predicted octanol–water partition coefficient (Wildman–Crippen LogP) is -0.595. The molecular weight excluding hydrogens is 184 g/mol. The van der Waals surface area contributed by atoms with E-state index in [1.807, 2.05) is 0 Å². The number of anilines is 1. The summed E-state index contributed by atoms with van der Waals surface area (Å²) in [5.74, 6) is 1.01. The van der Waals surface area contributed by atoms with E-state index in [4.69, 9.17) is 10.5 Å². The molecule has 0 saturated heterocycles. The summed E-state index contributed by atoms with van der Waals surface area (Å²) in [5.41, 5.74) is 4.33. The van der Waals surface area contributed by atoms with Gasteiger partial charge in [0.1, 0.15) is 18.6 Å². The fourth-order valence-corrected chi connectivity index (χ4v) is 1.32. The number of ether oxygens (including phenoxy) is 1. The van der Waals surface area contributed by atoms with Gasteiger partial charge in [-0.3, -0.25) is 5.73 Å². The number of hydrogen-bond acceptors (Lipinski definition) is 6. The van der Waals surface area contributed by atoms with Crippen molar-refractivity contribution in [2.75, 3.05) is 18.5 Å². The summed E-state index contributed by atoms with van der Waals surface area (Å²) in [7, 11) is 0. The zero-order chi connectivity index (χ0) is 10.2. The number of hydrogen-bond donors (Lipinski definition) is 3. The van der Waals surface area contributed by atoms with Crippen LogP contribution in [0.2, 0.25) is 0 Å². The number of nitrogens with zero attached hydrogens (tertiary/aromatic N) is 2. The highest BCUT2D eigenvalue weighted by molar-refractivity contribution is 5.54. The van der Waals surface area contributed by atoms with Gasteiger partial charge >= 0.3 is 0 Å². The molecule has 1 atom stereocenters. The zero-order valence-electron chi connectivity index (χ0n) is 7.82. The van der Waals surface area contributed by atoms with Gasteiger partial charge in [0.15, 0.2) is 17.3 Å². The summed E-state index contributed by atoms with van der Waals surface area (Å²) < 4.78 is 5.35. The van der Waals surface area contributed by atoms with Gasteiger partial charge in [-0.05, 0) is 6.92 Å². The SMILES string of the molecule is CC(N)(O)c1ncnc2c1OCCN2. The molecule has 2 rings (SSSR count). The number of aliphatic hydroxyl groups is 1. The summed E-state index contributed by atoms with van der Waals surface area (Å²) in [5, 5.41) is 12.7. The fraction of sp³-hybridized carbons (Fsp3) is 0.500. The van der Waals surface area contributed by atoms with E-state index in [1.165, 1.54) is 13.3 Å². The van der Waals surface area contributed by atoms with Crippen LogP contribution in [0, 0.1) is 0 Å². The fourth-order valence-electron chi connectivity index (χ4n) is 1.32. The highest BCUT2D eigenvalue weighted by Crippen LogP contribution is 2.31. The molecule has 1 unspecified atom stereocenters. The van der Waals surface area contributed by atoms with Gasteiger partial charge < -0.3 is 15.2 Å². The smallest absolute Gasteiger partial charge is 0.187 e. The lowest BCUT2D eigenvalue weighted by molar-refractivity contribution is 0.0559. The first-order valence-electron chi connectivity index (χ1n) is 4.32. The number of rotatable bonds is 1. The van der Waals surface area contributed by atoms with E-state index in [-0.39, 0.29) is 0 Å². The molecule has 0 amide bonds. The summed E-state index contributed by atoms with van der Waals surface area (Å²) in [6, 6.07) is 0. The van der Waals surface area contributed by atoms with Crippen LogP contribution >= 0.6 is 0 Å². The molecule has 6 nitrogen and oxygen atoms in total. The Hall–Kier alpha value is -1.40. The average molecular weight is 196 g/mol. The van der Waals surface area contributed by atoms with E-state index in [2.05, 4.69) is 15.3 Å². The van der Waals surface area contributed by atoms with Crippen LogP contribution in [0.5, 0.6) is 5.75 Å². The van der Waals surface area contributed by atoms with Crippen LogP contribution in [0.1, 0.15) is 12.6 Å². The van der Waals surface area contributed by atoms with Gasteiger partial charge in [0.25, 0.3) is 0 Å². The maximum atomic E-state index is 9.62. The summed E-state index contributed by atoms with van der Waals surface area (Å²) in [4.78, 5) is 7.89. The lowest BCUT2D eigenvalue weighted by Gasteiger charge is -2.24. The Morgan fingerprint density at radius 2 is 2.43 bits per heavy atom. The zero-order valence-corrected chi connectivity index (χ0v) is 7.82. The Morgan fingerprint density at radius 3 is 3.14 bits per heavy atom. The first kappa shape index (κ1) is 9.17. The molecule has 0 fully saturated rings. The number of nitrogens with one attached hydrogen (secondary N) is 1. The molecule has 2 heterocycles. The Balaban J connectivity index is 2.51. The van der Waals surface area contributed by atoms with Crippen LogP contribution in [-0.4, -0.2) is 28.2 Å². The summed E-state index contributed by atoms with van der Waals surface area (Å²) in [6.07, 6.45) is 1.34. The predicted molar refractivity (Wildman–Crippen MR) is 49.8 cm³/mol. The molecule has 6 heteroatoms. The third-order valence-corrected chi connectivity index (χ3v) is 1.92. The third kappa shape index (κ3) is 1.49. The summed E-state index contributed by atoms with van der Waals surface area (Å²) >= 11 is 0. The maximum absolute atomic E-state index is 9.62. The van der Waals surface area contributed by atoms with Crippen molar-refractivity contribution in [3.05, 3.63) is 12.0 Å². The van der Waals surface area contributed by atoms with Crippen molar-refractivity contribution in [1.29, 1.82) is 0 Å². The molecule has 0 radical (unpaired) electrons. The van der Waals surface area contributed by atoms with E-state index in [1.54, 1.807) is 0 Å². The Kier molecular flexibility index (Phi) is 2.01. The van der Waals surface area contributed by atoms with Gasteiger partial charge in [-0.2, -0.15) is 0 Å². The van der Waals surface area contributed by atoms with Gasteiger partial charge in [0, 0.05) is 0 Å². The van der Waals surface area contributed by atoms with Crippen LogP contribution in [-0.2, 0) is 5.72 Å². The topological polar surface area (TPSA) is 93.3 Å². The van der Waals surface area contributed by atoms with Crippen molar-refractivity contribution in [1.82, 2.24) is 9.97 Å². The molecule has 1 aliphatic heterocycles. The molecule has 1 aliphatic rings. The van der Waals surface area contributed by atoms with Crippen molar-refractivity contribution < 1.29 is 9.84 Å². The van der Waals surface area contributed by atoms with Crippen LogP contribution < -0.4 is 15.8 Å². The van der Waals surface area contributed by atoms with Crippen molar-refractivity contribution in [3.8, 4) is 5.75 Å². The van der Waals surface area contributed by atoms with Gasteiger partial charge in [-0.15, -0.1) is 0 Å². The molecule has 4 N–H and O–H groups in total. The van der Waals surface area contributed by atoms with Crippen LogP contribution in [0.25, 0.3) is 0 Å². The minimum absolute atomic E-state index is 0.301. The maximum Gasteiger partial charge on any atom is 0.187 e. The molecule has 0 aromatic carbocycles. The highest BCUT2D eigenvalue weighted by Gasteiger charge is 2.27. The van der Waals surface area contributed by atoms with E-state index < -0.39 is 5.72 Å². The van der Waals surface area contributed by atoms with Gasteiger partial charge in [-0.1, -0.05) is 0 Å². The van der Waals surface area contributed by atoms with Crippen molar-refractivity contribution in [2.45, 2.75) is 12.6 Å². The van der Waals surface area contributed by atoms with Gasteiger partial charge in [0.05, 0.1) is 6.54 Å². The molecule has 1 aromatic rings. The monoisotopic (exact) mass is 196 g/mol. The van der Waals surface area contributed by atoms with E-state index in [0.29, 0.717) is 30.4 Å².